The highest BCUT2D eigenvalue weighted by atomic mass is 35.5. The number of hydrogen-bond donors (Lipinski definition) is 1. The first-order chi connectivity index (χ1) is 11.4. The van der Waals surface area contributed by atoms with Crippen LogP contribution in [0.4, 0.5) is 0 Å². The molecule has 0 bridgehead atoms. The van der Waals surface area contributed by atoms with Gasteiger partial charge in [-0.05, 0) is 13.8 Å². The van der Waals surface area contributed by atoms with Crippen LogP contribution in [0.3, 0.4) is 0 Å². The van der Waals surface area contributed by atoms with Crippen molar-refractivity contribution >= 4 is 40.1 Å². The number of nitrogens with one attached hydrogen (secondary N) is 1. The SMILES string of the molecule is CC(C)OCCS(=O)(=O)N1CCN(C(=O)CC2CSCCN2)CC1.Cl. The molecular weight excluding hydrogens is 386 g/mol. The number of thioether (sulfide) groups is 1. The predicted octanol–water partition coefficient (Wildman–Crippen LogP) is 0.402. The molecule has 2 heterocycles. The van der Waals surface area contributed by atoms with Gasteiger partial charge in [0, 0.05) is 56.7 Å². The highest BCUT2D eigenvalue weighted by molar-refractivity contribution is 7.99. The van der Waals surface area contributed by atoms with Gasteiger partial charge in [-0.25, -0.2) is 8.42 Å². The van der Waals surface area contributed by atoms with Crippen molar-refractivity contribution in [2.45, 2.75) is 32.4 Å². The maximum absolute atomic E-state index is 12.4. The van der Waals surface area contributed by atoms with Gasteiger partial charge in [0.05, 0.1) is 18.5 Å². The molecule has 0 saturated carbocycles. The minimum atomic E-state index is -3.30. The summed E-state index contributed by atoms with van der Waals surface area (Å²) in [6, 6.07) is 0.242. The second-order valence-electron chi connectivity index (χ2n) is 6.45. The molecule has 148 valence electrons. The minimum absolute atomic E-state index is 0. The Morgan fingerprint density at radius 1 is 1.28 bits per heavy atom. The normalized spacial score (nSPS) is 22.7. The molecule has 1 unspecified atom stereocenters. The maximum Gasteiger partial charge on any atom is 0.224 e. The second-order valence-corrected chi connectivity index (χ2v) is 9.68. The fourth-order valence-corrected chi connectivity index (χ4v) is 5.06. The van der Waals surface area contributed by atoms with Gasteiger partial charge in [-0.3, -0.25) is 4.79 Å². The smallest absolute Gasteiger partial charge is 0.224 e. The Morgan fingerprint density at radius 3 is 2.52 bits per heavy atom. The molecule has 0 aliphatic carbocycles. The average molecular weight is 416 g/mol. The van der Waals surface area contributed by atoms with E-state index in [0.717, 1.165) is 18.1 Å². The second kappa shape index (κ2) is 10.9. The van der Waals surface area contributed by atoms with Crippen LogP contribution in [-0.4, -0.2) is 92.3 Å². The van der Waals surface area contributed by atoms with Crippen LogP contribution in [-0.2, 0) is 19.6 Å². The van der Waals surface area contributed by atoms with Gasteiger partial charge in [-0.2, -0.15) is 16.1 Å². The van der Waals surface area contributed by atoms with Gasteiger partial charge in [-0.15, -0.1) is 12.4 Å². The van der Waals surface area contributed by atoms with Gasteiger partial charge < -0.3 is 15.0 Å². The molecular formula is C15H30ClN3O4S2. The van der Waals surface area contributed by atoms with Crippen molar-refractivity contribution in [3.05, 3.63) is 0 Å². The van der Waals surface area contributed by atoms with Crippen LogP contribution in [0.2, 0.25) is 0 Å². The highest BCUT2D eigenvalue weighted by Gasteiger charge is 2.29. The molecule has 1 atom stereocenters. The van der Waals surface area contributed by atoms with E-state index < -0.39 is 10.0 Å². The highest BCUT2D eigenvalue weighted by Crippen LogP contribution is 2.14. The molecule has 10 heteroatoms. The first kappa shape index (κ1) is 23.0. The van der Waals surface area contributed by atoms with Crippen molar-refractivity contribution in [2.24, 2.45) is 0 Å². The Labute approximate surface area is 161 Å². The summed E-state index contributed by atoms with van der Waals surface area (Å²) in [6.07, 6.45) is 0.531. The topological polar surface area (TPSA) is 79.0 Å². The molecule has 7 nitrogen and oxygen atoms in total. The van der Waals surface area contributed by atoms with Gasteiger partial charge in [-0.1, -0.05) is 0 Å². The summed E-state index contributed by atoms with van der Waals surface area (Å²) in [4.78, 5) is 14.1. The fraction of sp³-hybridized carbons (Fsp3) is 0.933. The number of nitrogens with zero attached hydrogens (tertiary/aromatic N) is 2. The lowest BCUT2D eigenvalue weighted by molar-refractivity contribution is -0.132. The number of halogens is 1. The van der Waals surface area contributed by atoms with Gasteiger partial charge in [0.2, 0.25) is 15.9 Å². The Morgan fingerprint density at radius 2 is 1.96 bits per heavy atom. The largest absolute Gasteiger partial charge is 0.378 e. The molecule has 0 aromatic carbocycles. The number of ether oxygens (including phenoxy) is 1. The molecule has 2 fully saturated rings. The third-order valence-corrected chi connectivity index (χ3v) is 7.16. The molecule has 2 aliphatic rings. The zero-order valence-corrected chi connectivity index (χ0v) is 17.4. The number of amides is 1. The van der Waals surface area contributed by atoms with E-state index in [2.05, 4.69) is 5.32 Å². The van der Waals surface area contributed by atoms with E-state index in [9.17, 15) is 13.2 Å². The number of carbonyl (C=O) groups excluding carboxylic acids is 1. The van der Waals surface area contributed by atoms with E-state index in [1.54, 1.807) is 4.90 Å². The summed E-state index contributed by atoms with van der Waals surface area (Å²) < 4.78 is 31.4. The monoisotopic (exact) mass is 415 g/mol. The number of piperazine rings is 1. The maximum atomic E-state index is 12.4. The molecule has 25 heavy (non-hydrogen) atoms. The molecule has 1 amide bonds. The Hall–Kier alpha value is -0.0600. The van der Waals surface area contributed by atoms with Gasteiger partial charge >= 0.3 is 0 Å². The number of carbonyl (C=O) groups is 1. The summed E-state index contributed by atoms with van der Waals surface area (Å²) in [7, 11) is -3.30. The Balaban J connectivity index is 0.00000312. The summed E-state index contributed by atoms with van der Waals surface area (Å²) in [6.45, 7) is 6.64. The molecule has 2 saturated heterocycles. The van der Waals surface area contributed by atoms with Crippen molar-refractivity contribution in [3.8, 4) is 0 Å². The standard InChI is InChI=1S/C15H29N3O4S2.ClH/c1-13(2)22-8-10-24(20,21)18-6-4-17(5-7-18)15(19)11-14-12-23-9-3-16-14;/h13-14,16H,3-12H2,1-2H3;1H. The van der Waals surface area contributed by atoms with Crippen LogP contribution in [0.25, 0.3) is 0 Å². The van der Waals surface area contributed by atoms with Crippen LogP contribution in [0, 0.1) is 0 Å². The van der Waals surface area contributed by atoms with Crippen LogP contribution in [0.15, 0.2) is 0 Å². The lowest BCUT2D eigenvalue weighted by Gasteiger charge is -2.35. The van der Waals surface area contributed by atoms with Crippen molar-refractivity contribution < 1.29 is 17.9 Å². The van der Waals surface area contributed by atoms with E-state index in [4.69, 9.17) is 4.74 Å². The van der Waals surface area contributed by atoms with Crippen molar-refractivity contribution in [1.82, 2.24) is 14.5 Å². The van der Waals surface area contributed by atoms with Gasteiger partial charge in [0.15, 0.2) is 0 Å². The van der Waals surface area contributed by atoms with E-state index >= 15 is 0 Å². The molecule has 0 spiro atoms. The molecule has 2 aliphatic heterocycles. The van der Waals surface area contributed by atoms with E-state index in [1.807, 2.05) is 25.6 Å². The first-order valence-electron chi connectivity index (χ1n) is 8.57. The number of rotatable bonds is 7. The lowest BCUT2D eigenvalue weighted by Crippen LogP contribution is -2.52. The minimum Gasteiger partial charge on any atom is -0.378 e. The zero-order chi connectivity index (χ0) is 17.6. The number of hydrogen-bond acceptors (Lipinski definition) is 6. The predicted molar refractivity (Wildman–Crippen MR) is 104 cm³/mol. The molecule has 0 aromatic heterocycles. The van der Waals surface area contributed by atoms with E-state index in [-0.39, 0.29) is 42.8 Å². The van der Waals surface area contributed by atoms with Crippen molar-refractivity contribution in [3.63, 3.8) is 0 Å². The molecule has 0 radical (unpaired) electrons. The molecule has 0 aromatic rings. The van der Waals surface area contributed by atoms with Gasteiger partial charge in [0.25, 0.3) is 0 Å². The zero-order valence-electron chi connectivity index (χ0n) is 15.0. The van der Waals surface area contributed by atoms with Crippen LogP contribution >= 0.6 is 24.2 Å². The summed E-state index contributed by atoms with van der Waals surface area (Å²) in [5.41, 5.74) is 0. The molecule has 1 N–H and O–H groups in total. The summed E-state index contributed by atoms with van der Waals surface area (Å²) in [5, 5.41) is 3.37. The van der Waals surface area contributed by atoms with Crippen LogP contribution < -0.4 is 5.32 Å². The van der Waals surface area contributed by atoms with E-state index in [1.165, 1.54) is 4.31 Å². The Bertz CT molecular complexity index is 505. The summed E-state index contributed by atoms with van der Waals surface area (Å²) >= 11 is 1.87. The van der Waals surface area contributed by atoms with Gasteiger partial charge in [0.1, 0.15) is 0 Å². The first-order valence-corrected chi connectivity index (χ1v) is 11.3. The van der Waals surface area contributed by atoms with Crippen LogP contribution in [0.1, 0.15) is 20.3 Å². The van der Waals surface area contributed by atoms with E-state index in [0.29, 0.717) is 32.6 Å². The number of sulfonamides is 1. The third-order valence-electron chi connectivity index (χ3n) is 4.20. The Kier molecular flexibility index (Phi) is 10.1. The average Bonchev–Trinajstić information content (AvgIpc) is 2.55. The van der Waals surface area contributed by atoms with Crippen LogP contribution in [0.5, 0.6) is 0 Å². The van der Waals surface area contributed by atoms with Crippen molar-refractivity contribution in [2.75, 3.05) is 56.6 Å². The third kappa shape index (κ3) is 7.60. The lowest BCUT2D eigenvalue weighted by atomic mass is 10.2. The van der Waals surface area contributed by atoms with Crippen molar-refractivity contribution in [1.29, 1.82) is 0 Å². The fourth-order valence-electron chi connectivity index (χ4n) is 2.82. The molecule has 2 rings (SSSR count). The quantitative estimate of drug-likeness (QED) is 0.648. The summed E-state index contributed by atoms with van der Waals surface area (Å²) in [5.74, 6) is 2.19.